The number of aromatic nitrogens is 4. The minimum absolute atomic E-state index is 0.0405. The van der Waals surface area contributed by atoms with E-state index in [0.717, 1.165) is 49.1 Å². The van der Waals surface area contributed by atoms with E-state index in [-0.39, 0.29) is 5.56 Å². The fraction of sp³-hybridized carbons (Fsp3) is 0.533. The monoisotopic (exact) mass is 286 g/mol. The van der Waals surface area contributed by atoms with Crippen molar-refractivity contribution in [3.63, 3.8) is 0 Å². The van der Waals surface area contributed by atoms with E-state index in [2.05, 4.69) is 15.1 Å². The SMILES string of the molecule is O=c1[nH]c(-n2cc(OC3CCCC3)cn2)nc2c1CCC2. The third-order valence-corrected chi connectivity index (χ3v) is 4.31. The number of rotatable bonds is 3. The second-order valence-electron chi connectivity index (χ2n) is 5.81. The van der Waals surface area contributed by atoms with Crippen molar-refractivity contribution >= 4 is 0 Å². The minimum Gasteiger partial charge on any atom is -0.487 e. The number of hydrogen-bond donors (Lipinski definition) is 1. The second kappa shape index (κ2) is 5.02. The first kappa shape index (κ1) is 12.6. The highest BCUT2D eigenvalue weighted by atomic mass is 16.5. The molecule has 1 fully saturated rings. The molecule has 21 heavy (non-hydrogen) atoms. The molecule has 6 heteroatoms. The summed E-state index contributed by atoms with van der Waals surface area (Å²) in [6.07, 6.45) is 11.2. The topological polar surface area (TPSA) is 72.8 Å². The van der Waals surface area contributed by atoms with Gasteiger partial charge in [0.15, 0.2) is 5.75 Å². The van der Waals surface area contributed by atoms with E-state index in [1.807, 2.05) is 0 Å². The molecule has 2 aliphatic carbocycles. The molecule has 0 bridgehead atoms. The van der Waals surface area contributed by atoms with Crippen LogP contribution in [-0.4, -0.2) is 25.9 Å². The van der Waals surface area contributed by atoms with Gasteiger partial charge in [0.2, 0.25) is 5.95 Å². The average Bonchev–Trinajstić information content (AvgIpc) is 3.18. The molecule has 2 heterocycles. The lowest BCUT2D eigenvalue weighted by Crippen LogP contribution is -2.18. The number of fused-ring (bicyclic) bond motifs is 1. The van der Waals surface area contributed by atoms with Crippen molar-refractivity contribution in [3.8, 4) is 11.7 Å². The first-order chi connectivity index (χ1) is 10.3. The predicted octanol–water partition coefficient (Wildman–Crippen LogP) is 1.77. The van der Waals surface area contributed by atoms with Crippen molar-refractivity contribution < 1.29 is 4.74 Å². The van der Waals surface area contributed by atoms with Crippen LogP contribution in [0.1, 0.15) is 43.4 Å². The Hall–Kier alpha value is -2.11. The predicted molar refractivity (Wildman–Crippen MR) is 76.9 cm³/mol. The van der Waals surface area contributed by atoms with Gasteiger partial charge in [-0.25, -0.2) is 9.67 Å². The maximum atomic E-state index is 12.0. The number of ether oxygens (including phenoxy) is 1. The number of H-pyrrole nitrogens is 1. The van der Waals surface area contributed by atoms with Gasteiger partial charge in [0.25, 0.3) is 5.56 Å². The quantitative estimate of drug-likeness (QED) is 0.933. The summed E-state index contributed by atoms with van der Waals surface area (Å²) in [6, 6.07) is 0. The van der Waals surface area contributed by atoms with Crippen molar-refractivity contribution in [3.05, 3.63) is 34.0 Å². The zero-order valence-corrected chi connectivity index (χ0v) is 11.8. The van der Waals surface area contributed by atoms with Gasteiger partial charge in [0.1, 0.15) is 0 Å². The largest absolute Gasteiger partial charge is 0.487 e. The maximum absolute atomic E-state index is 12.0. The first-order valence-corrected chi connectivity index (χ1v) is 7.63. The van der Waals surface area contributed by atoms with Crippen LogP contribution < -0.4 is 10.3 Å². The Labute approximate surface area is 122 Å². The van der Waals surface area contributed by atoms with Gasteiger partial charge in [-0.15, -0.1) is 0 Å². The Morgan fingerprint density at radius 1 is 1.24 bits per heavy atom. The summed E-state index contributed by atoms with van der Waals surface area (Å²) in [7, 11) is 0. The second-order valence-corrected chi connectivity index (χ2v) is 5.81. The summed E-state index contributed by atoms with van der Waals surface area (Å²) in [5, 5.41) is 4.25. The molecule has 0 atom stereocenters. The molecular formula is C15H18N4O2. The summed E-state index contributed by atoms with van der Waals surface area (Å²) >= 11 is 0. The third-order valence-electron chi connectivity index (χ3n) is 4.31. The van der Waals surface area contributed by atoms with Gasteiger partial charge in [0.05, 0.1) is 24.2 Å². The Kier molecular flexibility index (Phi) is 3.02. The summed E-state index contributed by atoms with van der Waals surface area (Å²) in [6.45, 7) is 0. The lowest BCUT2D eigenvalue weighted by molar-refractivity contribution is 0.210. The van der Waals surface area contributed by atoms with E-state index >= 15 is 0 Å². The summed E-state index contributed by atoms with van der Waals surface area (Å²) < 4.78 is 7.48. The minimum atomic E-state index is -0.0405. The van der Waals surface area contributed by atoms with Crippen molar-refractivity contribution in [1.29, 1.82) is 0 Å². The van der Waals surface area contributed by atoms with E-state index in [4.69, 9.17) is 4.74 Å². The maximum Gasteiger partial charge on any atom is 0.255 e. The number of hydrogen-bond acceptors (Lipinski definition) is 4. The van der Waals surface area contributed by atoms with Crippen molar-refractivity contribution in [2.24, 2.45) is 0 Å². The van der Waals surface area contributed by atoms with E-state index in [1.165, 1.54) is 12.8 Å². The molecule has 1 N–H and O–H groups in total. The van der Waals surface area contributed by atoms with Crippen LogP contribution in [0.3, 0.4) is 0 Å². The molecule has 1 saturated carbocycles. The van der Waals surface area contributed by atoms with Gasteiger partial charge in [-0.05, 0) is 44.9 Å². The van der Waals surface area contributed by atoms with Crippen molar-refractivity contribution in [2.75, 3.05) is 0 Å². The Morgan fingerprint density at radius 3 is 2.95 bits per heavy atom. The summed E-state index contributed by atoms with van der Waals surface area (Å²) in [5.74, 6) is 1.21. The van der Waals surface area contributed by atoms with E-state index in [0.29, 0.717) is 12.1 Å². The number of aromatic amines is 1. The normalized spacial score (nSPS) is 18.1. The van der Waals surface area contributed by atoms with Gasteiger partial charge in [0, 0.05) is 5.56 Å². The van der Waals surface area contributed by atoms with Crippen LogP contribution in [-0.2, 0) is 12.8 Å². The molecule has 6 nitrogen and oxygen atoms in total. The Balaban J connectivity index is 1.60. The number of nitrogens with zero attached hydrogens (tertiary/aromatic N) is 3. The Bertz CT molecular complexity index is 713. The fourth-order valence-electron chi connectivity index (χ4n) is 3.22. The molecule has 4 rings (SSSR count). The zero-order valence-electron chi connectivity index (χ0n) is 11.8. The van der Waals surface area contributed by atoms with E-state index in [1.54, 1.807) is 17.1 Å². The van der Waals surface area contributed by atoms with Gasteiger partial charge >= 0.3 is 0 Å². The van der Waals surface area contributed by atoms with Gasteiger partial charge < -0.3 is 4.74 Å². The van der Waals surface area contributed by atoms with Crippen LogP contribution in [0.2, 0.25) is 0 Å². The van der Waals surface area contributed by atoms with Gasteiger partial charge in [-0.3, -0.25) is 9.78 Å². The van der Waals surface area contributed by atoms with E-state index < -0.39 is 0 Å². The highest BCUT2D eigenvalue weighted by molar-refractivity contribution is 5.27. The standard InChI is InChI=1S/C15H18N4O2/c20-14-12-6-3-7-13(12)17-15(18-14)19-9-11(8-16-19)21-10-4-1-2-5-10/h8-10H,1-7H2,(H,17,18,20). The Morgan fingerprint density at radius 2 is 2.10 bits per heavy atom. The lowest BCUT2D eigenvalue weighted by Gasteiger charge is -2.09. The average molecular weight is 286 g/mol. The van der Waals surface area contributed by atoms with Gasteiger partial charge in [-0.2, -0.15) is 5.10 Å². The first-order valence-electron chi connectivity index (χ1n) is 7.63. The van der Waals surface area contributed by atoms with Crippen molar-refractivity contribution in [2.45, 2.75) is 51.0 Å². The summed E-state index contributed by atoms with van der Waals surface area (Å²) in [4.78, 5) is 19.4. The van der Waals surface area contributed by atoms with Crippen LogP contribution in [0.4, 0.5) is 0 Å². The van der Waals surface area contributed by atoms with Gasteiger partial charge in [-0.1, -0.05) is 0 Å². The molecule has 2 aliphatic rings. The third kappa shape index (κ3) is 2.34. The molecule has 0 radical (unpaired) electrons. The molecular weight excluding hydrogens is 268 g/mol. The molecule has 0 saturated heterocycles. The van der Waals surface area contributed by atoms with Crippen LogP contribution in [0, 0.1) is 0 Å². The molecule has 0 spiro atoms. The van der Waals surface area contributed by atoms with E-state index in [9.17, 15) is 4.79 Å². The highest BCUT2D eigenvalue weighted by Gasteiger charge is 2.19. The fourth-order valence-corrected chi connectivity index (χ4v) is 3.22. The molecule has 0 unspecified atom stereocenters. The lowest BCUT2D eigenvalue weighted by atomic mass is 10.3. The number of aryl methyl sites for hydroxylation is 1. The molecule has 2 aromatic heterocycles. The molecule has 0 aromatic carbocycles. The molecule has 0 amide bonds. The smallest absolute Gasteiger partial charge is 0.255 e. The van der Waals surface area contributed by atoms with Crippen LogP contribution in [0.15, 0.2) is 17.2 Å². The van der Waals surface area contributed by atoms with Crippen LogP contribution in [0.25, 0.3) is 5.95 Å². The molecule has 2 aromatic rings. The highest BCUT2D eigenvalue weighted by Crippen LogP contribution is 2.24. The molecule has 110 valence electrons. The van der Waals surface area contributed by atoms with Crippen LogP contribution in [0.5, 0.6) is 5.75 Å². The molecule has 0 aliphatic heterocycles. The number of nitrogens with one attached hydrogen (secondary N) is 1. The van der Waals surface area contributed by atoms with Crippen LogP contribution >= 0.6 is 0 Å². The van der Waals surface area contributed by atoms with Crippen molar-refractivity contribution in [1.82, 2.24) is 19.7 Å². The summed E-state index contributed by atoms with van der Waals surface area (Å²) in [5.41, 5.74) is 1.69. The zero-order chi connectivity index (χ0) is 14.2.